The van der Waals surface area contributed by atoms with Crippen molar-refractivity contribution in [1.82, 2.24) is 35.1 Å². The Kier molecular flexibility index (Phi) is 7.44. The Balaban J connectivity index is 1.06. The Labute approximate surface area is 222 Å². The van der Waals surface area contributed by atoms with Gasteiger partial charge in [-0.1, -0.05) is 0 Å². The summed E-state index contributed by atoms with van der Waals surface area (Å²) < 4.78 is 11.6. The second-order valence-corrected chi connectivity index (χ2v) is 10.9. The quantitative estimate of drug-likeness (QED) is 0.640. The van der Waals surface area contributed by atoms with Gasteiger partial charge >= 0.3 is 6.03 Å². The summed E-state index contributed by atoms with van der Waals surface area (Å²) in [7, 11) is 0. The molecule has 0 bridgehead atoms. The van der Waals surface area contributed by atoms with E-state index >= 15 is 0 Å². The minimum Gasteiger partial charge on any atom is -0.477 e. The van der Waals surface area contributed by atoms with E-state index in [-0.39, 0.29) is 11.9 Å². The number of pyridine rings is 1. The molecule has 1 N–H and O–H groups in total. The summed E-state index contributed by atoms with van der Waals surface area (Å²) >= 11 is 0. The Bertz CT molecular complexity index is 1130. The molecule has 3 amide bonds. The molecule has 11 heteroatoms. The zero-order chi connectivity index (χ0) is 25.9. The van der Waals surface area contributed by atoms with E-state index in [4.69, 9.17) is 14.5 Å². The molecule has 0 atom stereocenters. The van der Waals surface area contributed by atoms with Crippen LogP contribution in [0.3, 0.4) is 0 Å². The van der Waals surface area contributed by atoms with Gasteiger partial charge in [-0.05, 0) is 50.5 Å². The van der Waals surface area contributed by atoms with Gasteiger partial charge in [-0.3, -0.25) is 4.79 Å². The monoisotopic (exact) mass is 523 g/mol. The van der Waals surface area contributed by atoms with Gasteiger partial charge in [-0.25, -0.2) is 9.78 Å². The van der Waals surface area contributed by atoms with Crippen molar-refractivity contribution in [1.29, 1.82) is 0 Å². The molecule has 0 aromatic carbocycles. The second-order valence-electron chi connectivity index (χ2n) is 10.9. The van der Waals surface area contributed by atoms with Crippen LogP contribution in [0.2, 0.25) is 0 Å². The van der Waals surface area contributed by atoms with E-state index in [0.717, 1.165) is 75.2 Å². The van der Waals surface area contributed by atoms with Gasteiger partial charge in [0.2, 0.25) is 5.88 Å². The topological polar surface area (TPSA) is 117 Å². The normalized spacial score (nSPS) is 21.0. The molecule has 204 valence electrons. The lowest BCUT2D eigenvalue weighted by molar-refractivity contribution is 0.0490. The lowest BCUT2D eigenvalue weighted by Gasteiger charge is -2.35. The highest BCUT2D eigenvalue weighted by Crippen LogP contribution is 2.40. The van der Waals surface area contributed by atoms with Crippen LogP contribution in [0.15, 0.2) is 12.1 Å². The number of ether oxygens (including phenoxy) is 2. The molecule has 2 aromatic heterocycles. The molecule has 3 fully saturated rings. The van der Waals surface area contributed by atoms with Crippen molar-refractivity contribution in [2.45, 2.75) is 57.4 Å². The number of carbonyl (C=O) groups is 2. The van der Waals surface area contributed by atoms with Crippen LogP contribution in [0.5, 0.6) is 5.88 Å². The molecule has 11 nitrogen and oxygen atoms in total. The fraction of sp³-hybridized carbons (Fsp3) is 0.667. The van der Waals surface area contributed by atoms with E-state index in [1.165, 1.54) is 0 Å². The van der Waals surface area contributed by atoms with Crippen molar-refractivity contribution in [3.8, 4) is 5.88 Å². The fourth-order valence-electron chi connectivity index (χ4n) is 5.60. The van der Waals surface area contributed by atoms with E-state index in [9.17, 15) is 9.59 Å². The van der Waals surface area contributed by atoms with Crippen LogP contribution < -0.4 is 4.74 Å². The summed E-state index contributed by atoms with van der Waals surface area (Å²) in [5.41, 5.74) is 3.44. The van der Waals surface area contributed by atoms with Gasteiger partial charge in [0.25, 0.3) is 5.91 Å². The molecular weight excluding hydrogens is 486 g/mol. The second kappa shape index (κ2) is 11.3. The van der Waals surface area contributed by atoms with E-state index in [0.29, 0.717) is 69.2 Å². The number of carbonyl (C=O) groups excluding carboxylic acids is 2. The average Bonchev–Trinajstić information content (AvgIpc) is 3.68. The third-order valence-electron chi connectivity index (χ3n) is 8.07. The maximum atomic E-state index is 13.6. The Morgan fingerprint density at radius 3 is 2.42 bits per heavy atom. The van der Waals surface area contributed by atoms with Crippen molar-refractivity contribution in [2.24, 2.45) is 5.92 Å². The zero-order valence-corrected chi connectivity index (χ0v) is 21.9. The van der Waals surface area contributed by atoms with Gasteiger partial charge in [-0.15, -0.1) is 0 Å². The number of aromatic nitrogens is 4. The summed E-state index contributed by atoms with van der Waals surface area (Å²) in [6.45, 7) is 5.84. The van der Waals surface area contributed by atoms with Crippen LogP contribution in [0.25, 0.3) is 0 Å². The van der Waals surface area contributed by atoms with Crippen LogP contribution in [0, 0.1) is 5.92 Å². The fourth-order valence-corrected chi connectivity index (χ4v) is 5.60. The highest BCUT2D eigenvalue weighted by Gasteiger charge is 2.30. The lowest BCUT2D eigenvalue weighted by Crippen LogP contribution is -2.48. The minimum atomic E-state index is 0.0274. The number of nitrogens with one attached hydrogen (secondary N) is 1. The average molecular weight is 524 g/mol. The molecule has 2 saturated heterocycles. The van der Waals surface area contributed by atoms with Crippen LogP contribution in [0.1, 0.15) is 71.9 Å². The van der Waals surface area contributed by atoms with Gasteiger partial charge in [0.15, 0.2) is 0 Å². The van der Waals surface area contributed by atoms with Crippen molar-refractivity contribution in [3.63, 3.8) is 0 Å². The first kappa shape index (κ1) is 25.1. The van der Waals surface area contributed by atoms with Gasteiger partial charge < -0.3 is 24.2 Å². The van der Waals surface area contributed by atoms with Crippen LogP contribution in [-0.4, -0.2) is 99.6 Å². The molecule has 3 aliphatic heterocycles. The summed E-state index contributed by atoms with van der Waals surface area (Å²) in [6.07, 6.45) is 6.45. The Morgan fingerprint density at radius 2 is 1.66 bits per heavy atom. The maximum Gasteiger partial charge on any atom is 0.320 e. The highest BCUT2D eigenvalue weighted by atomic mass is 16.5. The van der Waals surface area contributed by atoms with Crippen LogP contribution in [-0.2, 0) is 17.7 Å². The van der Waals surface area contributed by atoms with Gasteiger partial charge in [0.1, 0.15) is 5.69 Å². The molecule has 0 radical (unpaired) electrons. The SMILES string of the molecule is O=C(c1cc(OCC2CCOCC2)nc(C2CC2)c1)N1CCCN(C(=O)N2CCc3n[nH]nc3C2)CCC1. The molecule has 1 saturated carbocycles. The molecular formula is C27H37N7O4. The van der Waals surface area contributed by atoms with Crippen molar-refractivity contribution in [3.05, 3.63) is 34.8 Å². The van der Waals surface area contributed by atoms with Crippen LogP contribution >= 0.6 is 0 Å². The zero-order valence-electron chi connectivity index (χ0n) is 21.9. The third-order valence-corrected chi connectivity index (χ3v) is 8.07. The summed E-state index contributed by atoms with van der Waals surface area (Å²) in [5.74, 6) is 1.49. The number of hydrogen-bond donors (Lipinski definition) is 1. The number of fused-ring (bicyclic) bond motifs is 1. The Morgan fingerprint density at radius 1 is 0.921 bits per heavy atom. The number of nitrogens with zero attached hydrogens (tertiary/aromatic N) is 6. The first-order valence-corrected chi connectivity index (χ1v) is 14.1. The van der Waals surface area contributed by atoms with E-state index in [1.54, 1.807) is 0 Å². The first-order valence-electron chi connectivity index (χ1n) is 14.1. The number of hydrogen-bond acceptors (Lipinski definition) is 7. The molecule has 0 unspecified atom stereocenters. The number of rotatable bonds is 5. The number of urea groups is 1. The maximum absolute atomic E-state index is 13.6. The molecule has 2 aromatic rings. The predicted octanol–water partition coefficient (Wildman–Crippen LogP) is 2.60. The molecule has 4 aliphatic rings. The predicted molar refractivity (Wildman–Crippen MR) is 138 cm³/mol. The third kappa shape index (κ3) is 5.77. The van der Waals surface area contributed by atoms with Gasteiger partial charge in [0.05, 0.1) is 18.8 Å². The smallest absolute Gasteiger partial charge is 0.320 e. The van der Waals surface area contributed by atoms with Crippen molar-refractivity contribution < 1.29 is 19.1 Å². The molecule has 1 aliphatic carbocycles. The molecule has 6 rings (SSSR count). The molecule has 38 heavy (non-hydrogen) atoms. The minimum absolute atomic E-state index is 0.0274. The van der Waals surface area contributed by atoms with Crippen molar-refractivity contribution in [2.75, 3.05) is 52.5 Å². The van der Waals surface area contributed by atoms with Crippen molar-refractivity contribution >= 4 is 11.9 Å². The number of amides is 3. The first-order chi connectivity index (χ1) is 18.6. The molecule has 0 spiro atoms. The largest absolute Gasteiger partial charge is 0.477 e. The van der Waals surface area contributed by atoms with Crippen LogP contribution in [0.4, 0.5) is 4.79 Å². The number of H-pyrrole nitrogens is 1. The van der Waals surface area contributed by atoms with E-state index < -0.39 is 0 Å². The van der Waals surface area contributed by atoms with E-state index in [1.807, 2.05) is 26.8 Å². The standard InChI is InChI=1S/C27H37N7O4/c35-26(21-15-23(20-3-4-20)28-25(16-21)38-18-19-6-13-37-14-7-19)32-8-1-10-33(11-2-9-32)27(36)34-12-5-22-24(17-34)30-31-29-22/h15-16,19-20H,1-14,17-18H2,(H,29,30,31). The van der Waals surface area contributed by atoms with Gasteiger partial charge in [0, 0.05) is 75.6 Å². The Hall–Kier alpha value is -3.21. The highest BCUT2D eigenvalue weighted by molar-refractivity contribution is 5.94. The summed E-state index contributed by atoms with van der Waals surface area (Å²) in [6, 6.07) is 3.83. The summed E-state index contributed by atoms with van der Waals surface area (Å²) in [5, 5.41) is 11.0. The van der Waals surface area contributed by atoms with E-state index in [2.05, 4.69) is 15.4 Å². The lowest BCUT2D eigenvalue weighted by atomic mass is 10.0. The van der Waals surface area contributed by atoms with Gasteiger partial charge in [-0.2, -0.15) is 15.4 Å². The molecule has 5 heterocycles. The number of aromatic amines is 1. The summed E-state index contributed by atoms with van der Waals surface area (Å²) in [4.78, 5) is 37.2.